The average Bonchev–Trinajstić information content (AvgIpc) is 3.56. The summed E-state index contributed by atoms with van der Waals surface area (Å²) in [6, 6.07) is 16.7. The number of quaternary nitrogens is 1. The maximum Gasteiger partial charge on any atom is 0.432 e. The molecule has 3 atom stereocenters. The lowest BCUT2D eigenvalue weighted by atomic mass is 10.1. The molecule has 0 spiro atoms. The minimum Gasteiger partial charge on any atom is -0.364 e. The number of urea groups is 1. The highest BCUT2D eigenvalue weighted by atomic mass is 35.5. The van der Waals surface area contributed by atoms with E-state index < -0.39 is 56.6 Å². The van der Waals surface area contributed by atoms with Crippen molar-refractivity contribution >= 4 is 44.8 Å². The van der Waals surface area contributed by atoms with Crippen LogP contribution >= 0.6 is 22.9 Å². The Kier molecular flexibility index (Phi) is 9.21. The van der Waals surface area contributed by atoms with Gasteiger partial charge in [-0.15, -0.1) is 15.2 Å². The summed E-state index contributed by atoms with van der Waals surface area (Å²) in [6.07, 6.45) is -5.36. The largest absolute Gasteiger partial charge is 0.432 e. The molecule has 2 N–H and O–H groups in total. The molecule has 0 bridgehead atoms. The Bertz CT molecular complexity index is 1840. The lowest BCUT2D eigenvalue weighted by Gasteiger charge is -2.32. The Morgan fingerprint density at radius 2 is 1.76 bits per heavy atom. The van der Waals surface area contributed by atoms with Crippen LogP contribution < -0.4 is 10.6 Å². The molecule has 2 aromatic heterocycles. The van der Waals surface area contributed by atoms with Gasteiger partial charge in [-0.2, -0.15) is 21.6 Å². The first kappa shape index (κ1) is 33.8. The fourth-order valence-electron chi connectivity index (χ4n) is 5.54. The molecule has 7 nitrogen and oxygen atoms in total. The summed E-state index contributed by atoms with van der Waals surface area (Å²) in [5, 5.41) is 5.79. The molecule has 1 aliphatic heterocycles. The van der Waals surface area contributed by atoms with Gasteiger partial charge in [-0.1, -0.05) is 54.1 Å². The third-order valence-corrected chi connectivity index (χ3v) is 11.9. The summed E-state index contributed by atoms with van der Waals surface area (Å²) in [5.41, 5.74) is 1.11. The summed E-state index contributed by atoms with van der Waals surface area (Å²) < 4.78 is 94.9. The van der Waals surface area contributed by atoms with Gasteiger partial charge in [0.15, 0.2) is 10.8 Å². The van der Waals surface area contributed by atoms with Crippen molar-refractivity contribution in [1.82, 2.24) is 10.3 Å². The predicted molar refractivity (Wildman–Crippen MR) is 166 cm³/mol. The molecule has 3 heterocycles. The number of halogens is 6. The van der Waals surface area contributed by atoms with Crippen LogP contribution in [0.1, 0.15) is 43.0 Å². The number of amides is 2. The Morgan fingerprint density at radius 3 is 2.33 bits per heavy atom. The monoisotopic (exact) mass is 699 g/mol. The maximum absolute atomic E-state index is 14.8. The van der Waals surface area contributed by atoms with Gasteiger partial charge in [-0.25, -0.2) is 18.6 Å². The van der Waals surface area contributed by atoms with E-state index >= 15 is 0 Å². The highest BCUT2D eigenvalue weighted by Gasteiger charge is 2.66. The third-order valence-electron chi connectivity index (χ3n) is 7.85. The van der Waals surface area contributed by atoms with E-state index in [1.54, 1.807) is 6.07 Å². The number of nitrogens with zero attached hydrogens (tertiary/aromatic N) is 2. The van der Waals surface area contributed by atoms with Gasteiger partial charge in [0.2, 0.25) is 0 Å². The number of benzene rings is 2. The van der Waals surface area contributed by atoms with E-state index in [2.05, 4.69) is 15.6 Å². The van der Waals surface area contributed by atoms with E-state index in [1.807, 2.05) is 37.3 Å². The predicted octanol–water partition coefficient (Wildman–Crippen LogP) is 8.50. The van der Waals surface area contributed by atoms with E-state index in [0.29, 0.717) is 28.3 Å². The van der Waals surface area contributed by atoms with Crippen LogP contribution in [0.2, 0.25) is 4.34 Å². The zero-order chi connectivity index (χ0) is 33.5. The molecule has 0 aliphatic carbocycles. The van der Waals surface area contributed by atoms with Crippen molar-refractivity contribution in [3.05, 3.63) is 99.9 Å². The first-order chi connectivity index (χ1) is 21.5. The number of carbonyl (C=O) groups excluding carboxylic acids is 1. The smallest absolute Gasteiger partial charge is 0.364 e. The molecule has 0 radical (unpaired) electrons. The van der Waals surface area contributed by atoms with Crippen molar-refractivity contribution < 1.29 is 39.1 Å². The Labute approximate surface area is 271 Å². The van der Waals surface area contributed by atoms with Gasteiger partial charge >= 0.3 is 28.2 Å². The standard InChI is InChI=1S/C31H28ClF5N4O3S2/c1-19-16-30(33,34)18-41(19,46(43,44)28-13-12-26(32)45-28)29(42)38-17-21-14-25(23-8-10-24(11-9-23)31(35,36)37)40-27(15-21)39-20(2)22-6-4-3-5-7-22/h3-15,19-20H,16-18H2,1-2H3,(H-,38,39,40,42)/p+1/t19-,20?,41?/m1/s1. The second kappa shape index (κ2) is 12.5. The number of sulfonamides is 1. The molecule has 5 rings (SSSR count). The van der Waals surface area contributed by atoms with E-state index in [-0.39, 0.29) is 26.8 Å². The zero-order valence-electron chi connectivity index (χ0n) is 24.5. The van der Waals surface area contributed by atoms with Crippen molar-refractivity contribution in [2.45, 2.75) is 55.2 Å². The molecule has 2 unspecified atom stereocenters. The van der Waals surface area contributed by atoms with Crippen LogP contribution in [-0.2, 0) is 22.7 Å². The van der Waals surface area contributed by atoms with Gasteiger partial charge in [-0.3, -0.25) is 0 Å². The number of nitrogens with one attached hydrogen (secondary N) is 2. The molecule has 2 amide bonds. The van der Waals surface area contributed by atoms with Crippen LogP contribution in [0.3, 0.4) is 0 Å². The molecular weight excluding hydrogens is 671 g/mol. The van der Waals surface area contributed by atoms with Gasteiger partial charge in [0.05, 0.1) is 22.0 Å². The minimum atomic E-state index is -4.66. The lowest BCUT2D eigenvalue weighted by molar-refractivity contribution is -0.738. The highest BCUT2D eigenvalue weighted by Crippen LogP contribution is 2.45. The summed E-state index contributed by atoms with van der Waals surface area (Å²) in [4.78, 5) is 18.4. The SMILES string of the molecule is CC(Nc1cc(CNC(=O)[N+]2(S(=O)(=O)c3ccc(Cl)s3)CC(F)(F)C[C@H]2C)cc(-c2ccc(C(F)(F)F)cc2)n1)c1ccccc1. The highest BCUT2D eigenvalue weighted by molar-refractivity contribution is 7.88. The van der Waals surface area contributed by atoms with Crippen LogP contribution in [0, 0.1) is 0 Å². The molecule has 4 aromatic rings. The van der Waals surface area contributed by atoms with E-state index in [0.717, 1.165) is 17.7 Å². The number of rotatable bonds is 8. The van der Waals surface area contributed by atoms with Gasteiger partial charge in [0.1, 0.15) is 11.9 Å². The van der Waals surface area contributed by atoms with Crippen molar-refractivity contribution in [2.24, 2.45) is 0 Å². The molecule has 0 saturated carbocycles. The molecule has 244 valence electrons. The number of thiophene rings is 1. The van der Waals surface area contributed by atoms with Gasteiger partial charge in [-0.05, 0) is 61.4 Å². The fraction of sp³-hybridized carbons (Fsp3) is 0.290. The fourth-order valence-corrected chi connectivity index (χ4v) is 9.30. The number of likely N-dealkylation sites (tertiary alicyclic amines) is 1. The van der Waals surface area contributed by atoms with Crippen LogP contribution in [0.15, 0.2) is 83.1 Å². The maximum atomic E-state index is 14.8. The van der Waals surface area contributed by atoms with Crippen LogP contribution in [-0.4, -0.2) is 41.8 Å². The normalized spacial score (nSPS) is 20.3. The van der Waals surface area contributed by atoms with Crippen LogP contribution in [0.5, 0.6) is 0 Å². The Morgan fingerprint density at radius 1 is 1.09 bits per heavy atom. The number of carbonyl (C=O) groups is 1. The number of aromatic nitrogens is 1. The average molecular weight is 700 g/mol. The number of pyridine rings is 1. The summed E-state index contributed by atoms with van der Waals surface area (Å²) >= 11 is 6.62. The third kappa shape index (κ3) is 6.75. The molecule has 2 aromatic carbocycles. The lowest BCUT2D eigenvalue weighted by Crippen LogP contribution is -2.62. The van der Waals surface area contributed by atoms with E-state index in [4.69, 9.17) is 11.6 Å². The zero-order valence-corrected chi connectivity index (χ0v) is 26.9. The topological polar surface area (TPSA) is 88.2 Å². The Hall–Kier alpha value is -3.59. The quantitative estimate of drug-likeness (QED) is 0.142. The van der Waals surface area contributed by atoms with Crippen molar-refractivity contribution in [3.63, 3.8) is 0 Å². The van der Waals surface area contributed by atoms with Gasteiger partial charge < -0.3 is 10.6 Å². The van der Waals surface area contributed by atoms with Gasteiger partial charge in [0.25, 0.3) is 0 Å². The molecule has 1 saturated heterocycles. The van der Waals surface area contributed by atoms with E-state index in [1.165, 1.54) is 37.3 Å². The number of alkyl halides is 5. The number of anilines is 1. The van der Waals surface area contributed by atoms with Crippen molar-refractivity contribution in [2.75, 3.05) is 11.9 Å². The summed E-state index contributed by atoms with van der Waals surface area (Å²) in [7, 11) is -4.66. The first-order valence-electron chi connectivity index (χ1n) is 14.1. The van der Waals surface area contributed by atoms with Crippen LogP contribution in [0.4, 0.5) is 32.6 Å². The van der Waals surface area contributed by atoms with Crippen LogP contribution in [0.25, 0.3) is 11.3 Å². The molecule has 1 fully saturated rings. The molecular formula is C31H29ClF5N4O3S2+. The second-order valence-electron chi connectivity index (χ2n) is 11.2. The Balaban J connectivity index is 1.49. The first-order valence-corrected chi connectivity index (χ1v) is 16.7. The minimum absolute atomic E-state index is 0.119. The molecule has 46 heavy (non-hydrogen) atoms. The summed E-state index contributed by atoms with van der Waals surface area (Å²) in [6.45, 7) is 1.62. The summed E-state index contributed by atoms with van der Waals surface area (Å²) in [5.74, 6) is -3.11. The number of hydrogen-bond acceptors (Lipinski definition) is 6. The number of hydrogen-bond donors (Lipinski definition) is 2. The van der Waals surface area contributed by atoms with Crippen molar-refractivity contribution in [3.8, 4) is 11.3 Å². The van der Waals surface area contributed by atoms with Crippen molar-refractivity contribution in [1.29, 1.82) is 0 Å². The van der Waals surface area contributed by atoms with E-state index in [9.17, 15) is 35.2 Å². The molecule has 1 aliphatic rings. The van der Waals surface area contributed by atoms with Gasteiger partial charge in [0, 0.05) is 18.2 Å². The second-order valence-corrected chi connectivity index (χ2v) is 15.2. The molecule has 15 heteroatoms.